The van der Waals surface area contributed by atoms with Gasteiger partial charge < -0.3 is 9.47 Å². The zero-order chi connectivity index (χ0) is 19.8. The molecule has 0 atom stereocenters. The van der Waals surface area contributed by atoms with Crippen LogP contribution >= 0.6 is 0 Å². The van der Waals surface area contributed by atoms with E-state index in [4.69, 9.17) is 9.47 Å². The number of fused-ring (bicyclic) bond motifs is 1. The zero-order valence-corrected chi connectivity index (χ0v) is 16.6. The first-order valence-corrected chi connectivity index (χ1v) is 11.8. The summed E-state index contributed by atoms with van der Waals surface area (Å²) in [6.45, 7) is 1.72. The second kappa shape index (κ2) is 7.26. The Balaban J connectivity index is 1.60. The van der Waals surface area contributed by atoms with Crippen molar-refractivity contribution in [2.75, 3.05) is 31.0 Å². The fourth-order valence-corrected chi connectivity index (χ4v) is 5.83. The third kappa shape index (κ3) is 3.67. The Morgan fingerprint density at radius 2 is 1.54 bits per heavy atom. The summed E-state index contributed by atoms with van der Waals surface area (Å²) in [5, 5.41) is 0. The molecule has 1 N–H and O–H groups in total. The largest absolute Gasteiger partial charge is 0.486 e. The van der Waals surface area contributed by atoms with Crippen molar-refractivity contribution >= 4 is 25.7 Å². The molecule has 0 amide bonds. The van der Waals surface area contributed by atoms with Crippen LogP contribution in [0.3, 0.4) is 0 Å². The Kier molecular flexibility index (Phi) is 4.94. The van der Waals surface area contributed by atoms with Crippen molar-refractivity contribution in [1.29, 1.82) is 0 Å². The number of nitrogens with zero attached hydrogens (tertiary/aromatic N) is 1. The van der Waals surface area contributed by atoms with Gasteiger partial charge in [-0.1, -0.05) is 6.07 Å². The molecule has 0 aliphatic carbocycles. The Labute approximate surface area is 164 Å². The van der Waals surface area contributed by atoms with E-state index in [1.165, 1.54) is 46.8 Å². The lowest BCUT2D eigenvalue weighted by Gasteiger charge is -2.19. The van der Waals surface area contributed by atoms with Gasteiger partial charge in [0.2, 0.25) is 10.0 Å². The average molecular weight is 425 g/mol. The first-order valence-electron chi connectivity index (χ1n) is 8.89. The van der Waals surface area contributed by atoms with E-state index in [9.17, 15) is 16.8 Å². The van der Waals surface area contributed by atoms with Crippen molar-refractivity contribution in [2.45, 2.75) is 22.6 Å². The van der Waals surface area contributed by atoms with Crippen LogP contribution in [0.1, 0.15) is 12.8 Å². The number of hydrogen-bond donors (Lipinski definition) is 1. The van der Waals surface area contributed by atoms with Gasteiger partial charge in [0.1, 0.15) is 13.2 Å². The van der Waals surface area contributed by atoms with Crippen molar-refractivity contribution < 1.29 is 26.3 Å². The van der Waals surface area contributed by atoms with Crippen LogP contribution in [0.4, 0.5) is 5.69 Å². The summed E-state index contributed by atoms with van der Waals surface area (Å²) in [6.07, 6.45) is 1.66. The van der Waals surface area contributed by atoms with Crippen molar-refractivity contribution in [3.8, 4) is 11.5 Å². The van der Waals surface area contributed by atoms with Gasteiger partial charge in [0.15, 0.2) is 11.5 Å². The van der Waals surface area contributed by atoms with Crippen LogP contribution in [0.5, 0.6) is 11.5 Å². The summed E-state index contributed by atoms with van der Waals surface area (Å²) in [5.74, 6) is 0.850. The quantitative estimate of drug-likeness (QED) is 0.788. The van der Waals surface area contributed by atoms with Gasteiger partial charge in [-0.3, -0.25) is 4.72 Å². The molecule has 150 valence electrons. The lowest BCUT2D eigenvalue weighted by molar-refractivity contribution is 0.171. The highest BCUT2D eigenvalue weighted by atomic mass is 32.2. The molecule has 0 bridgehead atoms. The van der Waals surface area contributed by atoms with Gasteiger partial charge in [-0.15, -0.1) is 0 Å². The minimum absolute atomic E-state index is 0.00422. The molecular formula is C18H20N2O6S2. The smallest absolute Gasteiger partial charge is 0.262 e. The second-order valence-electron chi connectivity index (χ2n) is 6.55. The summed E-state index contributed by atoms with van der Waals surface area (Å²) >= 11 is 0. The van der Waals surface area contributed by atoms with E-state index in [2.05, 4.69) is 4.72 Å². The molecule has 2 heterocycles. The highest BCUT2D eigenvalue weighted by molar-refractivity contribution is 7.92. The second-order valence-corrected chi connectivity index (χ2v) is 10.2. The highest BCUT2D eigenvalue weighted by Gasteiger charge is 2.27. The van der Waals surface area contributed by atoms with Gasteiger partial charge in [-0.25, -0.2) is 16.8 Å². The van der Waals surface area contributed by atoms with Crippen molar-refractivity contribution in [2.24, 2.45) is 0 Å². The Morgan fingerprint density at radius 3 is 2.29 bits per heavy atom. The molecule has 2 aromatic rings. The SMILES string of the molecule is O=S(=O)(Nc1cccc(S(=O)(=O)N2CCCC2)c1)c1ccc2c(c1)OCCO2. The maximum absolute atomic E-state index is 12.7. The van der Waals surface area contributed by atoms with E-state index in [1.807, 2.05) is 0 Å². The lowest BCUT2D eigenvalue weighted by Crippen LogP contribution is -2.27. The number of nitrogens with one attached hydrogen (secondary N) is 1. The van der Waals surface area contributed by atoms with Crippen LogP contribution in [-0.4, -0.2) is 47.4 Å². The Morgan fingerprint density at radius 1 is 0.821 bits per heavy atom. The first-order chi connectivity index (χ1) is 13.4. The molecule has 0 radical (unpaired) electrons. The topological polar surface area (TPSA) is 102 Å². The number of anilines is 1. The molecule has 1 saturated heterocycles. The van der Waals surface area contributed by atoms with Crippen LogP contribution in [-0.2, 0) is 20.0 Å². The van der Waals surface area contributed by atoms with Crippen LogP contribution in [0.25, 0.3) is 0 Å². The Hall–Kier alpha value is -2.30. The number of ether oxygens (including phenoxy) is 2. The molecule has 0 saturated carbocycles. The molecule has 2 aliphatic rings. The summed E-state index contributed by atoms with van der Waals surface area (Å²) in [6, 6.07) is 10.2. The Bertz CT molecular complexity index is 1090. The van der Waals surface area contributed by atoms with Gasteiger partial charge in [0, 0.05) is 19.2 Å². The van der Waals surface area contributed by atoms with Crippen LogP contribution < -0.4 is 14.2 Å². The molecular weight excluding hydrogens is 404 g/mol. The van der Waals surface area contributed by atoms with Crippen molar-refractivity contribution in [3.05, 3.63) is 42.5 Å². The molecule has 1 fully saturated rings. The van der Waals surface area contributed by atoms with E-state index in [0.717, 1.165) is 12.8 Å². The van der Waals surface area contributed by atoms with E-state index >= 15 is 0 Å². The fourth-order valence-electron chi connectivity index (χ4n) is 3.20. The van der Waals surface area contributed by atoms with E-state index < -0.39 is 20.0 Å². The summed E-state index contributed by atoms with van der Waals surface area (Å²) in [5.41, 5.74) is 0.176. The van der Waals surface area contributed by atoms with Crippen molar-refractivity contribution in [3.63, 3.8) is 0 Å². The van der Waals surface area contributed by atoms with Crippen LogP contribution in [0.15, 0.2) is 52.3 Å². The normalized spacial score (nSPS) is 17.4. The van der Waals surface area contributed by atoms with E-state index in [1.54, 1.807) is 0 Å². The lowest BCUT2D eigenvalue weighted by atomic mass is 10.3. The predicted molar refractivity (Wildman–Crippen MR) is 103 cm³/mol. The molecule has 0 unspecified atom stereocenters. The molecule has 0 aromatic heterocycles. The molecule has 4 rings (SSSR count). The number of rotatable bonds is 5. The molecule has 0 spiro atoms. The number of sulfonamides is 2. The third-order valence-corrected chi connectivity index (χ3v) is 7.89. The van der Waals surface area contributed by atoms with Gasteiger partial charge in [0.25, 0.3) is 10.0 Å². The van der Waals surface area contributed by atoms with Crippen molar-refractivity contribution in [1.82, 2.24) is 4.31 Å². The van der Waals surface area contributed by atoms with Crippen LogP contribution in [0, 0.1) is 0 Å². The maximum Gasteiger partial charge on any atom is 0.262 e. The third-order valence-electron chi connectivity index (χ3n) is 4.61. The van der Waals surface area contributed by atoms with Gasteiger partial charge in [0.05, 0.1) is 15.5 Å². The highest BCUT2D eigenvalue weighted by Crippen LogP contribution is 2.33. The van der Waals surface area contributed by atoms with Gasteiger partial charge >= 0.3 is 0 Å². The number of hydrogen-bond acceptors (Lipinski definition) is 6. The summed E-state index contributed by atoms with van der Waals surface area (Å²) < 4.78 is 65.6. The maximum atomic E-state index is 12.7. The van der Waals surface area contributed by atoms with Gasteiger partial charge in [-0.2, -0.15) is 4.31 Å². The molecule has 10 heteroatoms. The fraction of sp³-hybridized carbons (Fsp3) is 0.333. The standard InChI is InChI=1S/C18H20N2O6S2/c21-27(22,15-6-7-17-18(13-15)26-11-10-25-17)19-14-4-3-5-16(12-14)28(23,24)20-8-1-2-9-20/h3-7,12-13,19H,1-2,8-11H2. The van der Waals surface area contributed by atoms with Crippen LogP contribution in [0.2, 0.25) is 0 Å². The molecule has 2 aliphatic heterocycles. The van der Waals surface area contributed by atoms with E-state index in [0.29, 0.717) is 37.8 Å². The number of benzene rings is 2. The minimum atomic E-state index is -3.92. The zero-order valence-electron chi connectivity index (χ0n) is 15.0. The summed E-state index contributed by atoms with van der Waals surface area (Å²) in [7, 11) is -7.55. The summed E-state index contributed by atoms with van der Waals surface area (Å²) in [4.78, 5) is 0.0707. The first kappa shape index (κ1) is 19.0. The molecule has 8 nitrogen and oxygen atoms in total. The average Bonchev–Trinajstić information content (AvgIpc) is 3.23. The minimum Gasteiger partial charge on any atom is -0.486 e. The van der Waals surface area contributed by atoms with Gasteiger partial charge in [-0.05, 0) is 43.2 Å². The monoisotopic (exact) mass is 424 g/mol. The molecule has 2 aromatic carbocycles. The van der Waals surface area contributed by atoms with E-state index in [-0.39, 0.29) is 15.5 Å². The predicted octanol–water partition coefficient (Wildman–Crippen LogP) is 2.04. The molecule has 28 heavy (non-hydrogen) atoms.